The monoisotopic (exact) mass is 438 g/mol. The van der Waals surface area contributed by atoms with Gasteiger partial charge in [0.25, 0.3) is 0 Å². The van der Waals surface area contributed by atoms with E-state index in [1.807, 2.05) is 64.1 Å². The zero-order chi connectivity index (χ0) is 23.8. The molecule has 0 unspecified atom stereocenters. The molecule has 0 aliphatic heterocycles. The Morgan fingerprint density at radius 2 is 1.38 bits per heavy atom. The molecule has 0 aliphatic carbocycles. The molecule has 0 radical (unpaired) electrons. The summed E-state index contributed by atoms with van der Waals surface area (Å²) in [4.78, 5) is 40.3. The van der Waals surface area contributed by atoms with Gasteiger partial charge in [0.05, 0.1) is 0 Å². The first-order chi connectivity index (χ1) is 15.2. The number of nitrogens with zero attached hydrogens (tertiary/aromatic N) is 2. The molecular weight excluding hydrogens is 404 g/mol. The number of aliphatic carboxylic acids is 1. The van der Waals surface area contributed by atoms with Gasteiger partial charge in [-0.05, 0) is 55.9 Å². The van der Waals surface area contributed by atoms with Crippen molar-refractivity contribution in [1.82, 2.24) is 0 Å². The van der Waals surface area contributed by atoms with E-state index in [0.717, 1.165) is 40.0 Å². The van der Waals surface area contributed by atoms with Crippen LogP contribution in [-0.4, -0.2) is 36.0 Å². The summed E-state index contributed by atoms with van der Waals surface area (Å²) in [5.74, 6) is -1.11. The zero-order valence-electron chi connectivity index (χ0n) is 19.8. The van der Waals surface area contributed by atoms with Crippen LogP contribution in [-0.2, 0) is 20.8 Å². The maximum Gasteiger partial charge on any atom is 0.303 e. The molecule has 0 bridgehead atoms. The Hall–Kier alpha value is -3.15. The summed E-state index contributed by atoms with van der Waals surface area (Å²) in [5.41, 5.74) is 5.69. The summed E-state index contributed by atoms with van der Waals surface area (Å²) < 4.78 is 0. The maximum atomic E-state index is 13.4. The zero-order valence-corrected chi connectivity index (χ0v) is 19.8. The predicted molar refractivity (Wildman–Crippen MR) is 128 cm³/mol. The Bertz CT molecular complexity index is 964. The van der Waals surface area contributed by atoms with Gasteiger partial charge in [-0.15, -0.1) is 0 Å². The maximum absolute atomic E-state index is 13.4. The van der Waals surface area contributed by atoms with Crippen LogP contribution in [0.1, 0.15) is 55.4 Å². The number of hydrogen-bond donors (Lipinski definition) is 1. The first kappa shape index (κ1) is 25.1. The van der Waals surface area contributed by atoms with E-state index in [0.29, 0.717) is 13.0 Å². The van der Waals surface area contributed by atoms with Crippen LogP contribution in [0.4, 0.5) is 11.4 Å². The van der Waals surface area contributed by atoms with Crippen LogP contribution in [0.3, 0.4) is 0 Å². The molecular formula is C26H34N2O4. The van der Waals surface area contributed by atoms with Crippen molar-refractivity contribution in [3.63, 3.8) is 0 Å². The van der Waals surface area contributed by atoms with Crippen molar-refractivity contribution in [3.8, 4) is 0 Å². The summed E-state index contributed by atoms with van der Waals surface area (Å²) in [6.07, 6.45) is 1.28. The largest absolute Gasteiger partial charge is 0.481 e. The molecule has 0 fully saturated rings. The molecule has 172 valence electrons. The molecule has 0 spiro atoms. The van der Waals surface area contributed by atoms with Crippen molar-refractivity contribution in [2.24, 2.45) is 0 Å². The highest BCUT2D eigenvalue weighted by atomic mass is 16.4. The molecule has 2 aromatic rings. The average molecular weight is 439 g/mol. The van der Waals surface area contributed by atoms with Crippen LogP contribution in [0.2, 0.25) is 0 Å². The van der Waals surface area contributed by atoms with E-state index < -0.39 is 5.97 Å². The summed E-state index contributed by atoms with van der Waals surface area (Å²) >= 11 is 0. The Labute approximate surface area is 190 Å². The van der Waals surface area contributed by atoms with E-state index in [2.05, 4.69) is 0 Å². The van der Waals surface area contributed by atoms with Gasteiger partial charge in [-0.2, -0.15) is 0 Å². The third kappa shape index (κ3) is 6.19. The lowest BCUT2D eigenvalue weighted by molar-refractivity contribution is -0.137. The van der Waals surface area contributed by atoms with E-state index in [-0.39, 0.29) is 31.2 Å². The molecule has 1 N–H and O–H groups in total. The third-order valence-electron chi connectivity index (χ3n) is 5.68. The number of carboxylic acid groups (broad SMARTS) is 1. The molecule has 0 aliphatic rings. The normalized spacial score (nSPS) is 10.7. The van der Waals surface area contributed by atoms with Crippen LogP contribution in [0.25, 0.3) is 0 Å². The molecule has 0 saturated carbocycles. The number of para-hydroxylation sites is 2. The number of amides is 2. The fraction of sp³-hybridized carbons (Fsp3) is 0.423. The van der Waals surface area contributed by atoms with E-state index in [4.69, 9.17) is 5.11 Å². The first-order valence-electron chi connectivity index (χ1n) is 11.1. The lowest BCUT2D eigenvalue weighted by Gasteiger charge is -2.29. The van der Waals surface area contributed by atoms with Gasteiger partial charge in [0.2, 0.25) is 11.8 Å². The Balaban J connectivity index is 2.31. The number of carboxylic acids is 1. The van der Waals surface area contributed by atoms with Gasteiger partial charge < -0.3 is 14.9 Å². The van der Waals surface area contributed by atoms with Gasteiger partial charge >= 0.3 is 5.97 Å². The average Bonchev–Trinajstić information content (AvgIpc) is 2.72. The number of carbonyl (C=O) groups is 3. The van der Waals surface area contributed by atoms with Crippen LogP contribution in [0.15, 0.2) is 36.4 Å². The fourth-order valence-electron chi connectivity index (χ4n) is 4.14. The topological polar surface area (TPSA) is 77.9 Å². The van der Waals surface area contributed by atoms with Crippen molar-refractivity contribution in [2.45, 2.75) is 60.3 Å². The van der Waals surface area contributed by atoms with E-state index in [1.54, 1.807) is 9.80 Å². The van der Waals surface area contributed by atoms with Gasteiger partial charge in [0.15, 0.2) is 0 Å². The molecule has 2 rings (SSSR count). The summed E-state index contributed by atoms with van der Waals surface area (Å²) in [6, 6.07) is 11.8. The Morgan fingerprint density at radius 1 is 0.812 bits per heavy atom. The minimum Gasteiger partial charge on any atom is -0.481 e. The standard InChI is InChI=1S/C26H34N2O4/c1-6-22-13-8-12-20(4)26(22)28(16-9-14-24(31)32)23(30)15-17-27(21(5)29)25-18(2)10-7-11-19(25)3/h7-8,10-13H,6,9,14-17H2,1-5H3,(H,31,32). The highest BCUT2D eigenvalue weighted by molar-refractivity contribution is 5.97. The van der Waals surface area contributed by atoms with Crippen LogP contribution in [0, 0.1) is 20.8 Å². The van der Waals surface area contributed by atoms with E-state index in [1.165, 1.54) is 6.92 Å². The lowest BCUT2D eigenvalue weighted by atomic mass is 10.0. The molecule has 6 heteroatoms. The second kappa shape index (κ2) is 11.5. The summed E-state index contributed by atoms with van der Waals surface area (Å²) in [5, 5.41) is 9.06. The second-order valence-corrected chi connectivity index (χ2v) is 8.14. The molecule has 32 heavy (non-hydrogen) atoms. The molecule has 6 nitrogen and oxygen atoms in total. The number of hydrogen-bond acceptors (Lipinski definition) is 3. The number of rotatable bonds is 10. The van der Waals surface area contributed by atoms with Crippen molar-refractivity contribution < 1.29 is 19.5 Å². The van der Waals surface area contributed by atoms with Crippen molar-refractivity contribution in [3.05, 3.63) is 58.7 Å². The molecule has 0 heterocycles. The first-order valence-corrected chi connectivity index (χ1v) is 11.1. The third-order valence-corrected chi connectivity index (χ3v) is 5.68. The van der Waals surface area contributed by atoms with Crippen molar-refractivity contribution in [1.29, 1.82) is 0 Å². The van der Waals surface area contributed by atoms with Crippen molar-refractivity contribution >= 4 is 29.2 Å². The lowest BCUT2D eigenvalue weighted by Crippen LogP contribution is -2.38. The van der Waals surface area contributed by atoms with E-state index >= 15 is 0 Å². The SMILES string of the molecule is CCc1cccc(C)c1N(CCCC(=O)O)C(=O)CCN(C(C)=O)c1c(C)cccc1C. The Kier molecular flexibility index (Phi) is 9.00. The number of aryl methyl sites for hydroxylation is 4. The van der Waals surface area contributed by atoms with E-state index in [9.17, 15) is 14.4 Å². The van der Waals surface area contributed by atoms with Crippen molar-refractivity contribution in [2.75, 3.05) is 22.9 Å². The molecule has 2 aromatic carbocycles. The van der Waals surface area contributed by atoms with Crippen LogP contribution >= 0.6 is 0 Å². The van der Waals surface area contributed by atoms with Gasteiger partial charge in [0.1, 0.15) is 0 Å². The Morgan fingerprint density at radius 3 is 1.91 bits per heavy atom. The molecule has 0 atom stereocenters. The quantitative estimate of drug-likeness (QED) is 0.577. The number of benzene rings is 2. The number of carbonyl (C=O) groups excluding carboxylic acids is 2. The fourth-order valence-corrected chi connectivity index (χ4v) is 4.14. The minimum absolute atomic E-state index is 0.000898. The summed E-state index contributed by atoms with van der Waals surface area (Å²) in [7, 11) is 0. The predicted octanol–water partition coefficient (Wildman–Crippen LogP) is 4.82. The minimum atomic E-state index is -0.879. The van der Waals surface area contributed by atoms with Crippen LogP contribution < -0.4 is 9.80 Å². The second-order valence-electron chi connectivity index (χ2n) is 8.14. The molecule has 0 saturated heterocycles. The number of anilines is 2. The smallest absolute Gasteiger partial charge is 0.303 e. The summed E-state index contributed by atoms with van der Waals surface area (Å²) in [6.45, 7) is 10.0. The molecule has 0 aromatic heterocycles. The van der Waals surface area contributed by atoms with Gasteiger partial charge in [-0.25, -0.2) is 0 Å². The highest BCUT2D eigenvalue weighted by Crippen LogP contribution is 2.28. The highest BCUT2D eigenvalue weighted by Gasteiger charge is 2.23. The van der Waals surface area contributed by atoms with Gasteiger partial charge in [-0.3, -0.25) is 14.4 Å². The van der Waals surface area contributed by atoms with Gasteiger partial charge in [0, 0.05) is 44.2 Å². The van der Waals surface area contributed by atoms with Crippen LogP contribution in [0.5, 0.6) is 0 Å². The molecule has 2 amide bonds. The van der Waals surface area contributed by atoms with Gasteiger partial charge in [-0.1, -0.05) is 43.3 Å².